The van der Waals surface area contributed by atoms with E-state index < -0.39 is 5.91 Å². The smallest absolute Gasteiger partial charge is 0.281 e. The van der Waals surface area contributed by atoms with Crippen molar-refractivity contribution in [3.63, 3.8) is 0 Å². The molecule has 0 saturated carbocycles. The van der Waals surface area contributed by atoms with Gasteiger partial charge >= 0.3 is 0 Å². The standard InChI is InChI=1S/C21H22N2O3S/c1-27-18-4-2-3-17(12-18)23(26)19(24)15-5-6-16-13-21(8-7-14(16)11-15)9-10-22-20(21)25/h2-6,11-12,26H,7-10,13H2,1H3,(H,22,25)/t21-/m0/s1. The number of rotatable bonds is 3. The monoisotopic (exact) mass is 382 g/mol. The van der Waals surface area contributed by atoms with Crippen LogP contribution in [0.15, 0.2) is 47.4 Å². The summed E-state index contributed by atoms with van der Waals surface area (Å²) < 4.78 is 0. The van der Waals surface area contributed by atoms with Gasteiger partial charge in [-0.1, -0.05) is 12.1 Å². The molecule has 2 aromatic rings. The van der Waals surface area contributed by atoms with Crippen molar-refractivity contribution in [2.24, 2.45) is 5.41 Å². The molecule has 1 heterocycles. The van der Waals surface area contributed by atoms with E-state index in [0.29, 0.717) is 16.3 Å². The lowest BCUT2D eigenvalue weighted by atomic mass is 9.70. The number of hydroxylamine groups is 1. The Labute approximate surface area is 162 Å². The summed E-state index contributed by atoms with van der Waals surface area (Å²) in [6, 6.07) is 12.8. The number of nitrogens with zero attached hydrogens (tertiary/aromatic N) is 1. The number of hydrogen-bond acceptors (Lipinski definition) is 4. The molecular formula is C21H22N2O3S. The third-order valence-corrected chi connectivity index (χ3v) is 6.44. The van der Waals surface area contributed by atoms with Crippen molar-refractivity contribution in [1.82, 2.24) is 5.32 Å². The van der Waals surface area contributed by atoms with Gasteiger partial charge in [0.05, 0.1) is 11.1 Å². The van der Waals surface area contributed by atoms with Crippen molar-refractivity contribution < 1.29 is 14.8 Å². The summed E-state index contributed by atoms with van der Waals surface area (Å²) in [6.45, 7) is 0.749. The normalized spacial score (nSPS) is 21.0. The first kappa shape index (κ1) is 18.1. The van der Waals surface area contributed by atoms with E-state index >= 15 is 0 Å². The van der Waals surface area contributed by atoms with Gasteiger partial charge in [-0.15, -0.1) is 11.8 Å². The molecule has 4 rings (SSSR count). The molecule has 1 aliphatic heterocycles. The van der Waals surface area contributed by atoms with E-state index in [1.807, 2.05) is 30.5 Å². The van der Waals surface area contributed by atoms with Crippen LogP contribution in [0.25, 0.3) is 0 Å². The maximum absolute atomic E-state index is 12.7. The summed E-state index contributed by atoms with van der Waals surface area (Å²) in [4.78, 5) is 25.9. The van der Waals surface area contributed by atoms with Crippen molar-refractivity contribution in [3.05, 3.63) is 59.2 Å². The second kappa shape index (κ2) is 7.02. The predicted molar refractivity (Wildman–Crippen MR) is 105 cm³/mol. The molecule has 2 aromatic carbocycles. The molecule has 0 bridgehead atoms. The second-order valence-electron chi connectivity index (χ2n) is 7.26. The number of anilines is 1. The maximum atomic E-state index is 12.7. The quantitative estimate of drug-likeness (QED) is 0.485. The van der Waals surface area contributed by atoms with Crippen LogP contribution in [0.2, 0.25) is 0 Å². The van der Waals surface area contributed by atoms with E-state index in [1.54, 1.807) is 30.0 Å². The molecule has 6 heteroatoms. The van der Waals surface area contributed by atoms with Gasteiger partial charge in [0.25, 0.3) is 5.91 Å². The first-order valence-corrected chi connectivity index (χ1v) is 10.3. The summed E-state index contributed by atoms with van der Waals surface area (Å²) in [6.07, 6.45) is 5.13. The van der Waals surface area contributed by atoms with E-state index in [1.165, 1.54) is 0 Å². The van der Waals surface area contributed by atoms with Crippen molar-refractivity contribution in [2.75, 3.05) is 17.9 Å². The zero-order chi connectivity index (χ0) is 19.0. The Morgan fingerprint density at radius 3 is 2.78 bits per heavy atom. The minimum absolute atomic E-state index is 0.156. The molecular weight excluding hydrogens is 360 g/mol. The highest BCUT2D eigenvalue weighted by Crippen LogP contribution is 2.41. The fraction of sp³-hybridized carbons (Fsp3) is 0.333. The van der Waals surface area contributed by atoms with Crippen LogP contribution in [0.5, 0.6) is 0 Å². The zero-order valence-electron chi connectivity index (χ0n) is 15.2. The van der Waals surface area contributed by atoms with Crippen LogP contribution in [-0.4, -0.2) is 29.8 Å². The molecule has 1 fully saturated rings. The highest BCUT2D eigenvalue weighted by Gasteiger charge is 2.44. The van der Waals surface area contributed by atoms with Gasteiger partial charge in [0.15, 0.2) is 0 Å². The fourth-order valence-corrected chi connectivity index (χ4v) is 4.55. The largest absolute Gasteiger partial charge is 0.356 e. The Morgan fingerprint density at radius 1 is 1.19 bits per heavy atom. The Balaban J connectivity index is 1.57. The van der Waals surface area contributed by atoms with E-state index in [2.05, 4.69) is 5.32 Å². The first-order valence-electron chi connectivity index (χ1n) is 9.10. The van der Waals surface area contributed by atoms with Crippen LogP contribution in [0.3, 0.4) is 0 Å². The second-order valence-corrected chi connectivity index (χ2v) is 8.14. The first-order chi connectivity index (χ1) is 13.0. The number of aryl methyl sites for hydroxylation is 1. The molecule has 0 unspecified atom stereocenters. The van der Waals surface area contributed by atoms with Crippen LogP contribution in [0.1, 0.15) is 34.3 Å². The molecule has 2 N–H and O–H groups in total. The molecule has 1 atom stereocenters. The predicted octanol–water partition coefficient (Wildman–Crippen LogP) is 3.44. The number of hydrogen-bond donors (Lipinski definition) is 2. The van der Waals surface area contributed by atoms with Crippen molar-refractivity contribution in [1.29, 1.82) is 0 Å². The highest BCUT2D eigenvalue weighted by molar-refractivity contribution is 7.98. The number of benzene rings is 2. The number of carbonyl (C=O) groups is 2. The Morgan fingerprint density at radius 2 is 2.04 bits per heavy atom. The van der Waals surface area contributed by atoms with E-state index in [9.17, 15) is 14.8 Å². The summed E-state index contributed by atoms with van der Waals surface area (Å²) >= 11 is 1.55. The van der Waals surface area contributed by atoms with Crippen LogP contribution in [-0.2, 0) is 17.6 Å². The third-order valence-electron chi connectivity index (χ3n) is 5.72. The molecule has 1 spiro atoms. The van der Waals surface area contributed by atoms with Crippen molar-refractivity contribution in [2.45, 2.75) is 30.6 Å². The molecule has 27 heavy (non-hydrogen) atoms. The molecule has 2 aliphatic rings. The van der Waals surface area contributed by atoms with Crippen LogP contribution in [0, 0.1) is 5.41 Å². The minimum Gasteiger partial charge on any atom is -0.356 e. The van der Waals surface area contributed by atoms with Gasteiger partial charge in [-0.2, -0.15) is 5.06 Å². The average molecular weight is 382 g/mol. The molecule has 5 nitrogen and oxygen atoms in total. The van der Waals surface area contributed by atoms with Crippen molar-refractivity contribution >= 4 is 29.3 Å². The van der Waals surface area contributed by atoms with Gasteiger partial charge in [0, 0.05) is 17.0 Å². The Kier molecular flexibility index (Phi) is 4.70. The molecule has 2 amide bonds. The summed E-state index contributed by atoms with van der Waals surface area (Å²) in [5, 5.41) is 14.0. The molecule has 1 aliphatic carbocycles. The minimum atomic E-state index is -0.449. The SMILES string of the molecule is CSc1cccc(N(O)C(=O)c2ccc3c(c2)CC[C@]2(CCNC2=O)C3)c1. The van der Waals surface area contributed by atoms with Crippen LogP contribution in [0.4, 0.5) is 5.69 Å². The molecule has 1 saturated heterocycles. The topological polar surface area (TPSA) is 69.6 Å². The number of amides is 2. The summed E-state index contributed by atoms with van der Waals surface area (Å²) in [7, 11) is 0. The molecule has 140 valence electrons. The highest BCUT2D eigenvalue weighted by atomic mass is 32.2. The Hall–Kier alpha value is -2.31. The summed E-state index contributed by atoms with van der Waals surface area (Å²) in [5.41, 5.74) is 2.85. The number of thioether (sulfide) groups is 1. The van der Waals surface area contributed by atoms with E-state index in [4.69, 9.17) is 0 Å². The third kappa shape index (κ3) is 3.24. The Bertz CT molecular complexity index is 914. The van der Waals surface area contributed by atoms with Gasteiger partial charge in [0.2, 0.25) is 5.91 Å². The lowest BCUT2D eigenvalue weighted by Crippen LogP contribution is -2.36. The van der Waals surface area contributed by atoms with E-state index in [0.717, 1.165) is 48.3 Å². The lowest BCUT2D eigenvalue weighted by molar-refractivity contribution is -0.128. The van der Waals surface area contributed by atoms with Gasteiger partial charge < -0.3 is 5.32 Å². The zero-order valence-corrected chi connectivity index (χ0v) is 16.0. The number of carbonyl (C=O) groups excluding carboxylic acids is 2. The van der Waals surface area contributed by atoms with Gasteiger partial charge in [-0.25, -0.2) is 0 Å². The average Bonchev–Trinajstić information content (AvgIpc) is 3.06. The number of nitrogens with one attached hydrogen (secondary N) is 1. The van der Waals surface area contributed by atoms with Crippen LogP contribution >= 0.6 is 11.8 Å². The molecule has 0 radical (unpaired) electrons. The van der Waals surface area contributed by atoms with Gasteiger partial charge in [-0.3, -0.25) is 14.8 Å². The van der Waals surface area contributed by atoms with E-state index in [-0.39, 0.29) is 11.3 Å². The lowest BCUT2D eigenvalue weighted by Gasteiger charge is -2.32. The van der Waals surface area contributed by atoms with Gasteiger partial charge in [-0.05, 0) is 73.4 Å². The maximum Gasteiger partial charge on any atom is 0.281 e. The van der Waals surface area contributed by atoms with Crippen molar-refractivity contribution in [3.8, 4) is 0 Å². The molecule has 0 aromatic heterocycles. The van der Waals surface area contributed by atoms with Gasteiger partial charge in [0.1, 0.15) is 0 Å². The van der Waals surface area contributed by atoms with Crippen LogP contribution < -0.4 is 10.4 Å². The summed E-state index contributed by atoms with van der Waals surface area (Å²) in [5.74, 6) is -0.293. The fourth-order valence-electron chi connectivity index (χ4n) is 4.10. The number of fused-ring (bicyclic) bond motifs is 1.